The van der Waals surface area contributed by atoms with E-state index in [1.807, 2.05) is 26.0 Å². The average molecular weight is 219 g/mol. The maximum atomic E-state index is 6.19. The normalized spacial score (nSPS) is 13.3. The van der Waals surface area contributed by atoms with Crippen LogP contribution in [0.2, 0.25) is 0 Å². The highest BCUT2D eigenvalue weighted by Crippen LogP contribution is 2.31. The highest BCUT2D eigenvalue weighted by molar-refractivity contribution is 5.36. The van der Waals surface area contributed by atoms with Crippen molar-refractivity contribution in [3.8, 4) is 0 Å². The number of hydrogen-bond donors (Lipinski definition) is 1. The molecule has 2 aromatic heterocycles. The zero-order chi connectivity index (χ0) is 12.0. The van der Waals surface area contributed by atoms with Crippen LogP contribution in [0.15, 0.2) is 18.3 Å². The van der Waals surface area contributed by atoms with Gasteiger partial charge in [0.05, 0.1) is 0 Å². The average Bonchev–Trinajstić information content (AvgIpc) is 2.59. The van der Waals surface area contributed by atoms with Crippen molar-refractivity contribution < 1.29 is 0 Å². The SMILES string of the molecule is CC(C)(N)C(C)(C)c1nnc2cccnn12. The summed E-state index contributed by atoms with van der Waals surface area (Å²) in [5.74, 6) is 0.788. The Morgan fingerprint density at radius 1 is 1.19 bits per heavy atom. The first kappa shape index (κ1) is 11.0. The molecule has 0 spiro atoms. The first-order valence-corrected chi connectivity index (χ1v) is 5.30. The van der Waals surface area contributed by atoms with Gasteiger partial charge in [0, 0.05) is 17.2 Å². The van der Waals surface area contributed by atoms with Crippen molar-refractivity contribution in [3.63, 3.8) is 0 Å². The number of rotatable bonds is 2. The lowest BCUT2D eigenvalue weighted by atomic mass is 9.74. The Balaban J connectivity index is 2.64. The molecule has 0 bridgehead atoms. The number of fused-ring (bicyclic) bond motifs is 1. The Kier molecular flexibility index (Phi) is 2.24. The van der Waals surface area contributed by atoms with E-state index in [9.17, 15) is 0 Å². The third-order valence-electron chi connectivity index (χ3n) is 3.35. The van der Waals surface area contributed by atoms with E-state index in [2.05, 4.69) is 29.1 Å². The molecule has 0 radical (unpaired) electrons. The van der Waals surface area contributed by atoms with E-state index in [1.165, 1.54) is 0 Å². The number of aromatic nitrogens is 4. The summed E-state index contributed by atoms with van der Waals surface area (Å²) in [6.45, 7) is 8.07. The molecule has 5 heteroatoms. The van der Waals surface area contributed by atoms with Crippen molar-refractivity contribution in [1.29, 1.82) is 0 Å². The van der Waals surface area contributed by atoms with Crippen LogP contribution in [0.25, 0.3) is 5.65 Å². The van der Waals surface area contributed by atoms with Gasteiger partial charge in [0.15, 0.2) is 11.5 Å². The zero-order valence-electron chi connectivity index (χ0n) is 10.1. The molecule has 2 aromatic rings. The third-order valence-corrected chi connectivity index (χ3v) is 3.35. The molecule has 2 rings (SSSR count). The van der Waals surface area contributed by atoms with Gasteiger partial charge in [-0.3, -0.25) is 0 Å². The number of nitrogens with zero attached hydrogens (tertiary/aromatic N) is 4. The van der Waals surface area contributed by atoms with Crippen molar-refractivity contribution >= 4 is 5.65 Å². The summed E-state index contributed by atoms with van der Waals surface area (Å²) in [7, 11) is 0. The molecule has 0 unspecified atom stereocenters. The lowest BCUT2D eigenvalue weighted by molar-refractivity contribution is 0.286. The van der Waals surface area contributed by atoms with Crippen LogP contribution in [0.3, 0.4) is 0 Å². The summed E-state index contributed by atoms with van der Waals surface area (Å²) in [5, 5.41) is 12.6. The Hall–Kier alpha value is -1.49. The van der Waals surface area contributed by atoms with Gasteiger partial charge in [0.2, 0.25) is 0 Å². The van der Waals surface area contributed by atoms with Crippen LogP contribution in [0.1, 0.15) is 33.5 Å². The first-order valence-electron chi connectivity index (χ1n) is 5.30. The van der Waals surface area contributed by atoms with E-state index in [1.54, 1.807) is 10.7 Å². The molecule has 0 amide bonds. The fraction of sp³-hybridized carbons (Fsp3) is 0.545. The number of hydrogen-bond acceptors (Lipinski definition) is 4. The summed E-state index contributed by atoms with van der Waals surface area (Å²) < 4.78 is 1.74. The second-order valence-corrected chi connectivity index (χ2v) is 5.16. The van der Waals surface area contributed by atoms with Gasteiger partial charge >= 0.3 is 0 Å². The molecule has 0 saturated carbocycles. The minimum absolute atomic E-state index is 0.305. The van der Waals surface area contributed by atoms with Gasteiger partial charge in [-0.15, -0.1) is 10.2 Å². The minimum atomic E-state index is -0.395. The second kappa shape index (κ2) is 3.25. The Morgan fingerprint density at radius 2 is 1.88 bits per heavy atom. The molecule has 0 aliphatic heterocycles. The standard InChI is InChI=1S/C11H17N5/c1-10(2,11(3,4)12)9-15-14-8-6-5-7-13-16(8)9/h5-7H,12H2,1-4H3. The fourth-order valence-corrected chi connectivity index (χ4v) is 1.42. The van der Waals surface area contributed by atoms with E-state index in [-0.39, 0.29) is 5.41 Å². The van der Waals surface area contributed by atoms with Gasteiger partial charge in [-0.1, -0.05) is 13.8 Å². The molecular weight excluding hydrogens is 202 g/mol. The van der Waals surface area contributed by atoms with Crippen LogP contribution in [-0.4, -0.2) is 25.4 Å². The monoisotopic (exact) mass is 219 g/mol. The molecule has 0 aliphatic rings. The summed E-state index contributed by atoms with van der Waals surface area (Å²) in [6.07, 6.45) is 1.72. The lowest BCUT2D eigenvalue weighted by Crippen LogP contribution is -2.51. The van der Waals surface area contributed by atoms with Gasteiger partial charge < -0.3 is 5.73 Å². The van der Waals surface area contributed by atoms with E-state index in [0.717, 1.165) is 11.5 Å². The largest absolute Gasteiger partial charge is 0.325 e. The van der Waals surface area contributed by atoms with Gasteiger partial charge in [-0.25, -0.2) is 0 Å². The van der Waals surface area contributed by atoms with Crippen LogP contribution in [0, 0.1) is 0 Å². The van der Waals surface area contributed by atoms with Crippen LogP contribution in [-0.2, 0) is 5.41 Å². The molecule has 0 fully saturated rings. The molecule has 0 saturated heterocycles. The molecule has 86 valence electrons. The number of nitrogens with two attached hydrogens (primary N) is 1. The molecule has 16 heavy (non-hydrogen) atoms. The fourth-order valence-electron chi connectivity index (χ4n) is 1.42. The van der Waals surface area contributed by atoms with Gasteiger partial charge in [-0.2, -0.15) is 9.61 Å². The maximum absolute atomic E-state index is 6.19. The van der Waals surface area contributed by atoms with Gasteiger partial charge in [0.25, 0.3) is 0 Å². The minimum Gasteiger partial charge on any atom is -0.325 e. The smallest absolute Gasteiger partial charge is 0.177 e. The lowest BCUT2D eigenvalue weighted by Gasteiger charge is -2.36. The Morgan fingerprint density at radius 3 is 2.50 bits per heavy atom. The summed E-state index contributed by atoms with van der Waals surface area (Å²) in [6, 6.07) is 3.72. The van der Waals surface area contributed by atoms with Crippen LogP contribution < -0.4 is 5.73 Å². The summed E-state index contributed by atoms with van der Waals surface area (Å²) in [5.41, 5.74) is 6.23. The maximum Gasteiger partial charge on any atom is 0.177 e. The highest BCUT2D eigenvalue weighted by Gasteiger charge is 2.39. The van der Waals surface area contributed by atoms with Crippen LogP contribution in [0.4, 0.5) is 0 Å². The van der Waals surface area contributed by atoms with Crippen LogP contribution in [0.5, 0.6) is 0 Å². The van der Waals surface area contributed by atoms with Gasteiger partial charge in [-0.05, 0) is 26.0 Å². The first-order chi connectivity index (χ1) is 7.34. The quantitative estimate of drug-likeness (QED) is 0.822. The molecular formula is C11H17N5. The van der Waals surface area contributed by atoms with E-state index in [0.29, 0.717) is 0 Å². The summed E-state index contributed by atoms with van der Waals surface area (Å²) >= 11 is 0. The summed E-state index contributed by atoms with van der Waals surface area (Å²) in [4.78, 5) is 0. The second-order valence-electron chi connectivity index (χ2n) is 5.16. The van der Waals surface area contributed by atoms with E-state index < -0.39 is 5.54 Å². The van der Waals surface area contributed by atoms with Crippen molar-refractivity contribution in [3.05, 3.63) is 24.2 Å². The molecule has 0 aromatic carbocycles. The topological polar surface area (TPSA) is 69.1 Å². The molecule has 5 nitrogen and oxygen atoms in total. The van der Waals surface area contributed by atoms with Crippen molar-refractivity contribution in [1.82, 2.24) is 19.8 Å². The van der Waals surface area contributed by atoms with Crippen molar-refractivity contribution in [2.45, 2.75) is 38.6 Å². The molecule has 2 N–H and O–H groups in total. The van der Waals surface area contributed by atoms with E-state index in [4.69, 9.17) is 5.73 Å². The molecule has 0 aliphatic carbocycles. The molecule has 2 heterocycles. The third kappa shape index (κ3) is 1.48. The zero-order valence-corrected chi connectivity index (χ0v) is 10.1. The predicted octanol–water partition coefficient (Wildman–Crippen LogP) is 1.14. The van der Waals surface area contributed by atoms with Crippen LogP contribution >= 0.6 is 0 Å². The van der Waals surface area contributed by atoms with Crippen molar-refractivity contribution in [2.75, 3.05) is 0 Å². The predicted molar refractivity (Wildman–Crippen MR) is 62.1 cm³/mol. The molecule has 0 atom stereocenters. The van der Waals surface area contributed by atoms with Gasteiger partial charge in [0.1, 0.15) is 0 Å². The van der Waals surface area contributed by atoms with Crippen molar-refractivity contribution in [2.24, 2.45) is 5.73 Å². The highest BCUT2D eigenvalue weighted by atomic mass is 15.4. The van der Waals surface area contributed by atoms with E-state index >= 15 is 0 Å². The Labute approximate surface area is 94.7 Å². The Bertz CT molecular complexity index is 506.